The highest BCUT2D eigenvalue weighted by Gasteiger charge is 2.52. The second-order valence-electron chi connectivity index (χ2n) is 8.55. The summed E-state index contributed by atoms with van der Waals surface area (Å²) >= 11 is 0. The second-order valence-corrected chi connectivity index (χ2v) is 8.55. The summed E-state index contributed by atoms with van der Waals surface area (Å²) in [5, 5.41) is 9.19. The molecule has 0 amide bonds. The van der Waals surface area contributed by atoms with Crippen LogP contribution in [-0.4, -0.2) is 53.7 Å². The van der Waals surface area contributed by atoms with Gasteiger partial charge in [0.1, 0.15) is 5.56 Å². The number of aryl methyl sites for hydroxylation is 1. The van der Waals surface area contributed by atoms with Gasteiger partial charge in [0.15, 0.2) is 0 Å². The largest absolute Gasteiger partial charge is 0.477 e. The van der Waals surface area contributed by atoms with Crippen LogP contribution >= 0.6 is 0 Å². The Balaban J connectivity index is 1.56. The standard InChI is InChI=1S/C23H29N3O3/c1-4-15-13-19(22(28)29)21(27)24-20(15)16-5-7-18(8-6-16)26-12-9-17(14-26)23(10-11-23)25(2)3/h5-8,13,17H,4,9-12,14H2,1-3H3,(H,24,27)(H,28,29). The number of carbonyl (C=O) groups is 1. The third-order valence-electron chi connectivity index (χ3n) is 6.86. The van der Waals surface area contributed by atoms with Gasteiger partial charge in [0.25, 0.3) is 5.56 Å². The van der Waals surface area contributed by atoms with Gasteiger partial charge in [-0.15, -0.1) is 0 Å². The lowest BCUT2D eigenvalue weighted by atomic mass is 9.95. The van der Waals surface area contributed by atoms with Crippen LogP contribution in [0.1, 0.15) is 42.1 Å². The van der Waals surface area contributed by atoms with Gasteiger partial charge in [-0.2, -0.15) is 0 Å². The molecule has 0 spiro atoms. The number of pyridine rings is 1. The number of hydrogen-bond donors (Lipinski definition) is 2. The first-order valence-electron chi connectivity index (χ1n) is 10.4. The van der Waals surface area contributed by atoms with E-state index in [1.54, 1.807) is 0 Å². The molecular weight excluding hydrogens is 366 g/mol. The van der Waals surface area contributed by atoms with Crippen LogP contribution in [0.2, 0.25) is 0 Å². The van der Waals surface area contributed by atoms with E-state index in [1.165, 1.54) is 31.0 Å². The van der Waals surface area contributed by atoms with Crippen molar-refractivity contribution in [3.8, 4) is 11.3 Å². The Labute approximate surface area is 171 Å². The van der Waals surface area contributed by atoms with Crippen molar-refractivity contribution in [1.82, 2.24) is 9.88 Å². The number of carboxylic acid groups (broad SMARTS) is 1. The minimum Gasteiger partial charge on any atom is -0.477 e. The van der Waals surface area contributed by atoms with Gasteiger partial charge in [-0.3, -0.25) is 4.79 Å². The van der Waals surface area contributed by atoms with Crippen LogP contribution in [0.25, 0.3) is 11.3 Å². The first-order valence-corrected chi connectivity index (χ1v) is 10.4. The molecule has 2 aliphatic rings. The lowest BCUT2D eigenvalue weighted by Gasteiger charge is -2.30. The molecule has 2 aromatic rings. The van der Waals surface area contributed by atoms with E-state index in [0.717, 1.165) is 24.2 Å². The molecule has 0 radical (unpaired) electrons. The maximum Gasteiger partial charge on any atom is 0.341 e. The average molecular weight is 396 g/mol. The minimum absolute atomic E-state index is 0.208. The molecule has 154 valence electrons. The summed E-state index contributed by atoms with van der Waals surface area (Å²) in [6, 6.07) is 9.75. The molecule has 2 fully saturated rings. The van der Waals surface area contributed by atoms with Gasteiger partial charge >= 0.3 is 5.97 Å². The summed E-state index contributed by atoms with van der Waals surface area (Å²) < 4.78 is 0. The van der Waals surface area contributed by atoms with Crippen molar-refractivity contribution >= 4 is 11.7 Å². The van der Waals surface area contributed by atoms with Crippen LogP contribution in [0.3, 0.4) is 0 Å². The molecule has 4 rings (SSSR count). The Hall–Kier alpha value is -2.60. The van der Waals surface area contributed by atoms with E-state index < -0.39 is 11.5 Å². The van der Waals surface area contributed by atoms with E-state index in [9.17, 15) is 14.7 Å². The van der Waals surface area contributed by atoms with Gasteiger partial charge in [-0.25, -0.2) is 4.79 Å². The summed E-state index contributed by atoms with van der Waals surface area (Å²) in [6.45, 7) is 4.12. The molecular formula is C23H29N3O3. The zero-order chi connectivity index (χ0) is 20.8. The van der Waals surface area contributed by atoms with E-state index in [4.69, 9.17) is 0 Å². The van der Waals surface area contributed by atoms with E-state index in [2.05, 4.69) is 41.0 Å². The zero-order valence-corrected chi connectivity index (χ0v) is 17.4. The minimum atomic E-state index is -1.20. The number of benzene rings is 1. The van der Waals surface area contributed by atoms with Gasteiger partial charge in [-0.05, 0) is 75.0 Å². The van der Waals surface area contributed by atoms with Crippen molar-refractivity contribution in [2.24, 2.45) is 5.92 Å². The fourth-order valence-corrected chi connectivity index (χ4v) is 4.89. The molecule has 1 aliphatic heterocycles. The lowest BCUT2D eigenvalue weighted by molar-refractivity contribution is 0.0695. The molecule has 1 aromatic carbocycles. The quantitative estimate of drug-likeness (QED) is 0.785. The van der Waals surface area contributed by atoms with Crippen LogP contribution in [-0.2, 0) is 6.42 Å². The topological polar surface area (TPSA) is 76.6 Å². The van der Waals surface area contributed by atoms with Crippen molar-refractivity contribution in [2.75, 3.05) is 32.1 Å². The first-order chi connectivity index (χ1) is 13.9. The molecule has 1 saturated carbocycles. The molecule has 1 atom stereocenters. The highest BCUT2D eigenvalue weighted by atomic mass is 16.4. The van der Waals surface area contributed by atoms with Gasteiger partial charge in [0.2, 0.25) is 0 Å². The number of aromatic nitrogens is 1. The number of aromatic carboxylic acids is 1. The summed E-state index contributed by atoms with van der Waals surface area (Å²) in [6.07, 6.45) is 4.48. The van der Waals surface area contributed by atoms with Crippen molar-refractivity contribution < 1.29 is 9.90 Å². The van der Waals surface area contributed by atoms with E-state index in [1.807, 2.05) is 19.1 Å². The fraction of sp³-hybridized carbons (Fsp3) is 0.478. The van der Waals surface area contributed by atoms with Crippen molar-refractivity contribution in [2.45, 2.75) is 38.1 Å². The summed E-state index contributed by atoms with van der Waals surface area (Å²) in [4.78, 5) is 31.0. The normalized spacial score (nSPS) is 20.3. The first kappa shape index (κ1) is 19.7. The Morgan fingerprint density at radius 2 is 1.97 bits per heavy atom. The number of nitrogens with one attached hydrogen (secondary N) is 1. The molecule has 0 bridgehead atoms. The van der Waals surface area contributed by atoms with Crippen LogP contribution < -0.4 is 10.5 Å². The Bertz CT molecular complexity index is 974. The number of carboxylic acids is 1. The third-order valence-corrected chi connectivity index (χ3v) is 6.86. The van der Waals surface area contributed by atoms with E-state index in [0.29, 0.717) is 23.6 Å². The molecule has 1 aliphatic carbocycles. The van der Waals surface area contributed by atoms with Crippen molar-refractivity contribution in [3.05, 3.63) is 51.8 Å². The molecule has 1 saturated heterocycles. The maximum absolute atomic E-state index is 12.1. The third kappa shape index (κ3) is 3.46. The summed E-state index contributed by atoms with van der Waals surface area (Å²) in [5.41, 5.74) is 3.27. The second kappa shape index (κ2) is 7.34. The van der Waals surface area contributed by atoms with Gasteiger partial charge < -0.3 is 19.9 Å². The fourth-order valence-electron chi connectivity index (χ4n) is 4.89. The monoisotopic (exact) mass is 395 g/mol. The molecule has 1 unspecified atom stereocenters. The molecule has 6 heteroatoms. The zero-order valence-electron chi connectivity index (χ0n) is 17.4. The molecule has 29 heavy (non-hydrogen) atoms. The molecule has 6 nitrogen and oxygen atoms in total. The number of nitrogens with zero attached hydrogens (tertiary/aromatic N) is 2. The number of hydrogen-bond acceptors (Lipinski definition) is 4. The summed E-state index contributed by atoms with van der Waals surface area (Å²) in [5.74, 6) is -0.485. The lowest BCUT2D eigenvalue weighted by Crippen LogP contribution is -2.39. The molecule has 2 heterocycles. The number of H-pyrrole nitrogens is 1. The predicted molar refractivity (Wildman–Crippen MR) is 115 cm³/mol. The maximum atomic E-state index is 12.1. The SMILES string of the molecule is CCc1cc(C(=O)O)c(=O)[nH]c1-c1ccc(N2CCC(C3(N(C)C)CC3)C2)cc1. The molecule has 1 aromatic heterocycles. The average Bonchev–Trinajstić information content (AvgIpc) is 3.38. The highest BCUT2D eigenvalue weighted by molar-refractivity contribution is 5.88. The van der Waals surface area contributed by atoms with Gasteiger partial charge in [0, 0.05) is 24.3 Å². The van der Waals surface area contributed by atoms with Crippen LogP contribution in [0.15, 0.2) is 35.1 Å². The van der Waals surface area contributed by atoms with Crippen molar-refractivity contribution in [1.29, 1.82) is 0 Å². The Morgan fingerprint density at radius 1 is 1.28 bits per heavy atom. The van der Waals surface area contributed by atoms with Crippen LogP contribution in [0.4, 0.5) is 5.69 Å². The van der Waals surface area contributed by atoms with Gasteiger partial charge in [-0.1, -0.05) is 19.1 Å². The molecule has 2 N–H and O–H groups in total. The predicted octanol–water partition coefficient (Wildman–Crippen LogP) is 3.22. The van der Waals surface area contributed by atoms with E-state index >= 15 is 0 Å². The number of anilines is 1. The highest BCUT2D eigenvalue weighted by Crippen LogP contribution is 2.50. The number of rotatable bonds is 6. The Kier molecular flexibility index (Phi) is 4.99. The van der Waals surface area contributed by atoms with Gasteiger partial charge in [0.05, 0.1) is 5.69 Å². The summed E-state index contributed by atoms with van der Waals surface area (Å²) in [7, 11) is 4.40. The van der Waals surface area contributed by atoms with E-state index in [-0.39, 0.29) is 5.56 Å². The van der Waals surface area contributed by atoms with Crippen LogP contribution in [0, 0.1) is 5.92 Å². The Morgan fingerprint density at radius 3 is 2.52 bits per heavy atom. The van der Waals surface area contributed by atoms with Crippen LogP contribution in [0.5, 0.6) is 0 Å². The number of aromatic amines is 1. The van der Waals surface area contributed by atoms with Crippen molar-refractivity contribution in [3.63, 3.8) is 0 Å². The smallest absolute Gasteiger partial charge is 0.341 e.